The number of hydrogen-bond donors (Lipinski definition) is 0. The van der Waals surface area contributed by atoms with Crippen LogP contribution in [0.5, 0.6) is 5.75 Å². The molecule has 4 nitrogen and oxygen atoms in total. The zero-order chi connectivity index (χ0) is 19.9. The van der Waals surface area contributed by atoms with Gasteiger partial charge in [-0.1, -0.05) is 46.3 Å². The minimum absolute atomic E-state index is 0.214. The number of nitrogens with zero attached hydrogens (tertiary/aromatic N) is 1. The van der Waals surface area contributed by atoms with Gasteiger partial charge in [-0.2, -0.15) is 0 Å². The van der Waals surface area contributed by atoms with E-state index in [0.29, 0.717) is 19.1 Å². The normalized spacial score (nSPS) is 18.3. The zero-order valence-corrected chi connectivity index (χ0v) is 18.2. The number of ether oxygens (including phenoxy) is 2. The van der Waals surface area contributed by atoms with Crippen molar-refractivity contribution < 1.29 is 14.3 Å². The number of carbonyl (C=O) groups excluding carboxylic acids is 1. The van der Waals surface area contributed by atoms with E-state index >= 15 is 0 Å². The van der Waals surface area contributed by atoms with Gasteiger partial charge in [-0.3, -0.25) is 0 Å². The maximum Gasteiger partial charge on any atom is 0.410 e. The molecule has 0 spiro atoms. The molecular weight excluding hydrogens is 418 g/mol. The Bertz CT molecular complexity index is 903. The summed E-state index contributed by atoms with van der Waals surface area (Å²) < 4.78 is 11.5. The second kappa shape index (κ2) is 7.43. The van der Waals surface area contributed by atoms with Gasteiger partial charge in [0.1, 0.15) is 18.0 Å². The third-order valence-electron chi connectivity index (χ3n) is 5.32. The van der Waals surface area contributed by atoms with Crippen LogP contribution in [0.15, 0.2) is 36.4 Å². The number of halogens is 1. The Morgan fingerprint density at radius 1 is 1.21 bits per heavy atom. The van der Waals surface area contributed by atoms with Gasteiger partial charge >= 0.3 is 6.09 Å². The van der Waals surface area contributed by atoms with E-state index in [9.17, 15) is 4.79 Å². The molecule has 1 saturated heterocycles. The first kappa shape index (κ1) is 19.3. The third kappa shape index (κ3) is 3.90. The van der Waals surface area contributed by atoms with Gasteiger partial charge in [0.25, 0.3) is 0 Å². The molecule has 2 aliphatic heterocycles. The van der Waals surface area contributed by atoms with E-state index in [2.05, 4.69) is 52.3 Å². The molecule has 28 heavy (non-hydrogen) atoms. The summed E-state index contributed by atoms with van der Waals surface area (Å²) in [6.45, 7) is 7.76. The lowest BCUT2D eigenvalue weighted by Crippen LogP contribution is -2.35. The number of carbonyl (C=O) groups is 1. The van der Waals surface area contributed by atoms with Gasteiger partial charge in [-0.05, 0) is 55.5 Å². The summed E-state index contributed by atoms with van der Waals surface area (Å²) >= 11 is 3.51. The lowest BCUT2D eigenvalue weighted by molar-refractivity contribution is 0.0292. The van der Waals surface area contributed by atoms with Gasteiger partial charge in [0.15, 0.2) is 0 Å². The number of amides is 1. The Hall–Kier alpha value is -2.01. The van der Waals surface area contributed by atoms with Crippen LogP contribution in [-0.2, 0) is 16.7 Å². The highest BCUT2D eigenvalue weighted by atomic mass is 79.9. The predicted octanol–water partition coefficient (Wildman–Crippen LogP) is 5.87. The van der Waals surface area contributed by atoms with Crippen molar-refractivity contribution >= 4 is 22.0 Å². The molecule has 0 aliphatic carbocycles. The first-order chi connectivity index (χ1) is 13.3. The largest absolute Gasteiger partial charge is 0.488 e. The highest BCUT2D eigenvalue weighted by molar-refractivity contribution is 9.08. The highest BCUT2D eigenvalue weighted by Gasteiger charge is 2.31. The Balaban J connectivity index is 1.56. The van der Waals surface area contributed by atoms with Crippen molar-refractivity contribution in [1.29, 1.82) is 0 Å². The summed E-state index contributed by atoms with van der Waals surface area (Å²) in [5, 5.41) is 0.819. The maximum absolute atomic E-state index is 12.4. The molecule has 1 unspecified atom stereocenters. The Kier molecular flexibility index (Phi) is 5.13. The molecule has 2 aromatic carbocycles. The molecular formula is C23H26BrNO3. The summed E-state index contributed by atoms with van der Waals surface area (Å²) in [7, 11) is 0. The summed E-state index contributed by atoms with van der Waals surface area (Å²) in [6, 6.07) is 13.0. The summed E-state index contributed by atoms with van der Waals surface area (Å²) in [5.41, 5.74) is 5.64. The van der Waals surface area contributed by atoms with Crippen molar-refractivity contribution in [3.63, 3.8) is 0 Å². The smallest absolute Gasteiger partial charge is 0.410 e. The van der Waals surface area contributed by atoms with Gasteiger partial charge in [-0.25, -0.2) is 4.79 Å². The minimum Gasteiger partial charge on any atom is -0.488 e. The van der Waals surface area contributed by atoms with E-state index in [1.807, 2.05) is 25.7 Å². The van der Waals surface area contributed by atoms with E-state index in [1.54, 1.807) is 0 Å². The Morgan fingerprint density at radius 3 is 2.79 bits per heavy atom. The van der Waals surface area contributed by atoms with Gasteiger partial charge in [0.05, 0.1) is 0 Å². The van der Waals surface area contributed by atoms with Crippen molar-refractivity contribution in [3.8, 4) is 16.9 Å². The maximum atomic E-state index is 12.4. The molecule has 0 aromatic heterocycles. The van der Waals surface area contributed by atoms with Crippen molar-refractivity contribution in [1.82, 2.24) is 4.90 Å². The molecule has 0 radical (unpaired) electrons. The molecule has 4 rings (SSSR count). The third-order valence-corrected chi connectivity index (χ3v) is 5.97. The lowest BCUT2D eigenvalue weighted by atomic mass is 9.90. The number of hydrogen-bond acceptors (Lipinski definition) is 3. The highest BCUT2D eigenvalue weighted by Crippen LogP contribution is 2.40. The van der Waals surface area contributed by atoms with Gasteiger partial charge < -0.3 is 14.4 Å². The van der Waals surface area contributed by atoms with Crippen molar-refractivity contribution in [2.75, 3.05) is 13.1 Å². The zero-order valence-electron chi connectivity index (χ0n) is 16.6. The molecule has 1 fully saturated rings. The average molecular weight is 444 g/mol. The first-order valence-corrected chi connectivity index (χ1v) is 10.9. The van der Waals surface area contributed by atoms with Crippen LogP contribution in [0.3, 0.4) is 0 Å². The van der Waals surface area contributed by atoms with E-state index < -0.39 is 5.60 Å². The van der Waals surface area contributed by atoms with Crippen molar-refractivity contribution in [2.24, 2.45) is 0 Å². The standard InChI is InChI=1S/C23H26BrNO3/c1-23(2,3)28-22(26)25-9-8-17(13-25)16-5-6-18-14-27-21-10-15(12-24)4-7-19(21)20(18)11-16/h4-7,10-11,17H,8-9,12-14H2,1-3H3. The second-order valence-corrected chi connectivity index (χ2v) is 9.14. The van der Waals surface area contributed by atoms with Gasteiger partial charge in [0, 0.05) is 29.9 Å². The van der Waals surface area contributed by atoms with E-state index in [0.717, 1.165) is 29.6 Å². The molecule has 0 N–H and O–H groups in total. The number of fused-ring (bicyclic) bond motifs is 3. The molecule has 5 heteroatoms. The van der Waals surface area contributed by atoms with Crippen LogP contribution >= 0.6 is 15.9 Å². The molecule has 0 saturated carbocycles. The fourth-order valence-electron chi connectivity index (χ4n) is 3.90. The average Bonchev–Trinajstić information content (AvgIpc) is 3.16. The monoisotopic (exact) mass is 443 g/mol. The van der Waals surface area contributed by atoms with Crippen molar-refractivity contribution in [2.45, 2.75) is 50.6 Å². The Morgan fingerprint density at radius 2 is 2.04 bits per heavy atom. The molecule has 2 aliphatic rings. The van der Waals surface area contributed by atoms with Crippen LogP contribution < -0.4 is 4.74 Å². The van der Waals surface area contributed by atoms with Crippen LogP contribution in [0.4, 0.5) is 4.79 Å². The lowest BCUT2D eigenvalue weighted by Gasteiger charge is -2.25. The van der Waals surface area contributed by atoms with E-state index in [1.165, 1.54) is 22.3 Å². The van der Waals surface area contributed by atoms with Crippen molar-refractivity contribution in [3.05, 3.63) is 53.1 Å². The topological polar surface area (TPSA) is 38.8 Å². The van der Waals surface area contributed by atoms with Gasteiger partial charge in [0.2, 0.25) is 0 Å². The van der Waals surface area contributed by atoms with Crippen LogP contribution in [0.1, 0.15) is 49.8 Å². The van der Waals surface area contributed by atoms with Crippen LogP contribution in [-0.4, -0.2) is 29.7 Å². The molecule has 2 heterocycles. The summed E-state index contributed by atoms with van der Waals surface area (Å²) in [5.74, 6) is 1.29. The number of alkyl halides is 1. The molecule has 0 bridgehead atoms. The summed E-state index contributed by atoms with van der Waals surface area (Å²) in [4.78, 5) is 14.2. The van der Waals surface area contributed by atoms with Crippen LogP contribution in [0.2, 0.25) is 0 Å². The minimum atomic E-state index is -0.460. The van der Waals surface area contributed by atoms with Gasteiger partial charge in [-0.15, -0.1) is 0 Å². The molecule has 1 amide bonds. The fraction of sp³-hybridized carbons (Fsp3) is 0.435. The van der Waals surface area contributed by atoms with E-state index in [-0.39, 0.29) is 6.09 Å². The SMILES string of the molecule is CC(C)(C)OC(=O)N1CCC(c2ccc3c(c2)-c2ccc(CBr)cc2OC3)C1. The van der Waals surface area contributed by atoms with Crippen LogP contribution in [0, 0.1) is 0 Å². The van der Waals surface area contributed by atoms with Crippen LogP contribution in [0.25, 0.3) is 11.1 Å². The van der Waals surface area contributed by atoms with E-state index in [4.69, 9.17) is 9.47 Å². The molecule has 1 atom stereocenters. The first-order valence-electron chi connectivity index (χ1n) is 9.77. The quantitative estimate of drug-likeness (QED) is 0.545. The molecule has 148 valence electrons. The molecule has 2 aromatic rings. The predicted molar refractivity (Wildman–Crippen MR) is 114 cm³/mol. The second-order valence-electron chi connectivity index (χ2n) is 8.58. The fourth-order valence-corrected chi connectivity index (χ4v) is 4.25. The summed E-state index contributed by atoms with van der Waals surface area (Å²) in [6.07, 6.45) is 0.748. The Labute approximate surface area is 175 Å². The number of benzene rings is 2. The number of likely N-dealkylation sites (tertiary alicyclic amines) is 1. The number of rotatable bonds is 2.